The number of H-pyrrole nitrogens is 1. The molecule has 30 heavy (non-hydrogen) atoms. The molecule has 2 aromatic carbocycles. The second kappa shape index (κ2) is 8.34. The molecule has 1 aliphatic rings. The molecule has 1 N–H and O–H groups in total. The van der Waals surface area contributed by atoms with Gasteiger partial charge in [0.2, 0.25) is 0 Å². The van der Waals surface area contributed by atoms with Crippen LogP contribution in [-0.2, 0) is 0 Å². The first-order valence-electron chi connectivity index (χ1n) is 10.7. The van der Waals surface area contributed by atoms with Crippen LogP contribution in [0.2, 0.25) is 0 Å². The van der Waals surface area contributed by atoms with Crippen molar-refractivity contribution in [1.29, 1.82) is 0 Å². The monoisotopic (exact) mass is 403 g/mol. The standard InChI is InChI=1S/C25H29N3O2/c1-16(2)14-15-30-20-12-10-19(11-13-20)24-21-22(18-8-6-5-7-9-18)26-27-23(21)25(29)28(24)17(3)4/h5-13,16-17,24H,14-15H2,1-4H3,(H,26,27). The predicted molar refractivity (Wildman–Crippen MR) is 119 cm³/mol. The molecule has 1 unspecified atom stereocenters. The van der Waals surface area contributed by atoms with Crippen molar-refractivity contribution in [3.63, 3.8) is 0 Å². The van der Waals surface area contributed by atoms with E-state index in [1.54, 1.807) is 0 Å². The highest BCUT2D eigenvalue weighted by Crippen LogP contribution is 2.43. The Hall–Kier alpha value is -3.08. The lowest BCUT2D eigenvalue weighted by Gasteiger charge is -2.30. The Morgan fingerprint density at radius 2 is 1.73 bits per heavy atom. The minimum Gasteiger partial charge on any atom is -0.494 e. The highest BCUT2D eigenvalue weighted by Gasteiger charge is 2.43. The Morgan fingerprint density at radius 1 is 1.03 bits per heavy atom. The fourth-order valence-electron chi connectivity index (χ4n) is 4.00. The Morgan fingerprint density at radius 3 is 2.37 bits per heavy atom. The van der Waals surface area contributed by atoms with Gasteiger partial charge in [-0.25, -0.2) is 0 Å². The summed E-state index contributed by atoms with van der Waals surface area (Å²) in [6.07, 6.45) is 1.03. The largest absolute Gasteiger partial charge is 0.494 e. The summed E-state index contributed by atoms with van der Waals surface area (Å²) >= 11 is 0. The van der Waals surface area contributed by atoms with Crippen molar-refractivity contribution in [3.05, 3.63) is 71.4 Å². The van der Waals surface area contributed by atoms with E-state index in [2.05, 4.69) is 50.0 Å². The maximum absolute atomic E-state index is 13.2. The number of carbonyl (C=O) groups excluding carboxylic acids is 1. The van der Waals surface area contributed by atoms with Gasteiger partial charge in [0, 0.05) is 17.2 Å². The molecule has 0 fully saturated rings. The summed E-state index contributed by atoms with van der Waals surface area (Å²) in [5, 5.41) is 7.51. The van der Waals surface area contributed by atoms with Crippen LogP contribution in [0.25, 0.3) is 11.3 Å². The van der Waals surface area contributed by atoms with Gasteiger partial charge in [-0.3, -0.25) is 9.89 Å². The molecule has 0 radical (unpaired) electrons. The van der Waals surface area contributed by atoms with Crippen LogP contribution in [0.4, 0.5) is 0 Å². The van der Waals surface area contributed by atoms with Crippen molar-refractivity contribution in [2.45, 2.75) is 46.2 Å². The number of nitrogens with zero attached hydrogens (tertiary/aromatic N) is 2. The maximum Gasteiger partial charge on any atom is 0.273 e. The molecule has 0 saturated heterocycles. The number of hydrogen-bond donors (Lipinski definition) is 1. The fraction of sp³-hybridized carbons (Fsp3) is 0.360. The first kappa shape index (κ1) is 20.2. The van der Waals surface area contributed by atoms with E-state index in [0.29, 0.717) is 18.2 Å². The van der Waals surface area contributed by atoms with Crippen LogP contribution in [0.5, 0.6) is 5.75 Å². The van der Waals surface area contributed by atoms with Gasteiger partial charge in [0.15, 0.2) is 0 Å². The summed E-state index contributed by atoms with van der Waals surface area (Å²) < 4.78 is 5.88. The van der Waals surface area contributed by atoms with Crippen LogP contribution >= 0.6 is 0 Å². The maximum atomic E-state index is 13.2. The average molecular weight is 404 g/mol. The molecule has 2 heterocycles. The normalized spacial score (nSPS) is 15.9. The van der Waals surface area contributed by atoms with Crippen LogP contribution < -0.4 is 4.74 Å². The van der Waals surface area contributed by atoms with Crippen LogP contribution in [0, 0.1) is 5.92 Å². The number of aromatic amines is 1. The van der Waals surface area contributed by atoms with Gasteiger partial charge in [-0.2, -0.15) is 5.10 Å². The Balaban J connectivity index is 1.70. The minimum atomic E-state index is -0.175. The lowest BCUT2D eigenvalue weighted by molar-refractivity contribution is 0.0688. The van der Waals surface area contributed by atoms with Crippen molar-refractivity contribution in [2.75, 3.05) is 6.61 Å². The third-order valence-electron chi connectivity index (χ3n) is 5.57. The van der Waals surface area contributed by atoms with Gasteiger partial charge in [0.1, 0.15) is 11.4 Å². The molecular formula is C25H29N3O2. The molecule has 1 atom stereocenters. The van der Waals surface area contributed by atoms with Gasteiger partial charge in [-0.1, -0.05) is 56.3 Å². The van der Waals surface area contributed by atoms with E-state index in [9.17, 15) is 4.79 Å². The topological polar surface area (TPSA) is 58.2 Å². The molecule has 1 amide bonds. The summed E-state index contributed by atoms with van der Waals surface area (Å²) in [7, 11) is 0. The molecule has 0 aliphatic carbocycles. The predicted octanol–water partition coefficient (Wildman–Crippen LogP) is 5.46. The number of hydrogen-bond acceptors (Lipinski definition) is 3. The second-order valence-electron chi connectivity index (χ2n) is 8.54. The van der Waals surface area contributed by atoms with Crippen LogP contribution in [0.15, 0.2) is 54.6 Å². The number of nitrogens with one attached hydrogen (secondary N) is 1. The Kier molecular flexibility index (Phi) is 5.62. The molecule has 3 aromatic rings. The van der Waals surface area contributed by atoms with E-state index in [4.69, 9.17) is 4.74 Å². The van der Waals surface area contributed by atoms with E-state index < -0.39 is 0 Å². The first-order chi connectivity index (χ1) is 14.5. The molecule has 1 aromatic heterocycles. The van der Waals surface area contributed by atoms with Crippen molar-refractivity contribution in [2.24, 2.45) is 5.92 Å². The van der Waals surface area contributed by atoms with Gasteiger partial charge in [0.25, 0.3) is 5.91 Å². The van der Waals surface area contributed by atoms with E-state index in [1.807, 2.05) is 47.4 Å². The third kappa shape index (κ3) is 3.72. The quantitative estimate of drug-likeness (QED) is 0.570. The van der Waals surface area contributed by atoms with E-state index in [0.717, 1.165) is 34.6 Å². The molecule has 156 valence electrons. The summed E-state index contributed by atoms with van der Waals surface area (Å²) in [6, 6.07) is 18.0. The lowest BCUT2D eigenvalue weighted by Crippen LogP contribution is -2.35. The van der Waals surface area contributed by atoms with Crippen LogP contribution in [0.1, 0.15) is 61.8 Å². The summed E-state index contributed by atoms with van der Waals surface area (Å²) in [5.74, 6) is 1.47. The van der Waals surface area contributed by atoms with Gasteiger partial charge >= 0.3 is 0 Å². The number of benzene rings is 2. The lowest BCUT2D eigenvalue weighted by atomic mass is 9.95. The van der Waals surface area contributed by atoms with E-state index >= 15 is 0 Å². The highest BCUT2D eigenvalue weighted by atomic mass is 16.5. The zero-order chi connectivity index (χ0) is 21.3. The minimum absolute atomic E-state index is 0.00283. The number of carbonyl (C=O) groups is 1. The zero-order valence-electron chi connectivity index (χ0n) is 18.1. The fourth-order valence-corrected chi connectivity index (χ4v) is 4.00. The Bertz CT molecular complexity index is 1010. The molecule has 5 nitrogen and oxygen atoms in total. The van der Waals surface area contributed by atoms with E-state index in [-0.39, 0.29) is 18.0 Å². The summed E-state index contributed by atoms with van der Waals surface area (Å²) in [4.78, 5) is 15.1. The zero-order valence-corrected chi connectivity index (χ0v) is 18.1. The van der Waals surface area contributed by atoms with Gasteiger partial charge in [-0.05, 0) is 43.9 Å². The number of aromatic nitrogens is 2. The molecule has 0 bridgehead atoms. The highest BCUT2D eigenvalue weighted by molar-refractivity contribution is 6.00. The molecular weight excluding hydrogens is 374 g/mol. The Labute approximate surface area is 178 Å². The van der Waals surface area contributed by atoms with Crippen molar-refractivity contribution in [3.8, 4) is 17.0 Å². The number of amides is 1. The first-order valence-corrected chi connectivity index (χ1v) is 10.7. The molecule has 0 saturated carbocycles. The third-order valence-corrected chi connectivity index (χ3v) is 5.57. The van der Waals surface area contributed by atoms with Gasteiger partial charge in [0.05, 0.1) is 18.3 Å². The molecule has 5 heteroatoms. The number of rotatable bonds is 7. The van der Waals surface area contributed by atoms with E-state index in [1.165, 1.54) is 0 Å². The number of ether oxygens (including phenoxy) is 1. The second-order valence-corrected chi connectivity index (χ2v) is 8.54. The van der Waals surface area contributed by atoms with Gasteiger partial charge in [-0.15, -0.1) is 0 Å². The molecule has 1 aliphatic heterocycles. The smallest absolute Gasteiger partial charge is 0.273 e. The van der Waals surface area contributed by atoms with Crippen LogP contribution in [0.3, 0.4) is 0 Å². The average Bonchev–Trinajstić information content (AvgIpc) is 3.28. The van der Waals surface area contributed by atoms with Crippen molar-refractivity contribution in [1.82, 2.24) is 15.1 Å². The van der Waals surface area contributed by atoms with Gasteiger partial charge < -0.3 is 9.64 Å². The summed E-state index contributed by atoms with van der Waals surface area (Å²) in [5.41, 5.74) is 4.44. The van der Waals surface area contributed by atoms with Crippen molar-refractivity contribution < 1.29 is 9.53 Å². The SMILES string of the molecule is CC(C)CCOc1ccc(C2c3c(-c4ccccc4)n[nH]c3C(=O)N2C(C)C)cc1. The molecule has 4 rings (SSSR count). The number of fused-ring (bicyclic) bond motifs is 1. The molecule has 0 spiro atoms. The van der Waals surface area contributed by atoms with Crippen molar-refractivity contribution >= 4 is 5.91 Å². The van der Waals surface area contributed by atoms with Crippen LogP contribution in [-0.4, -0.2) is 33.7 Å². The summed E-state index contributed by atoms with van der Waals surface area (Å²) in [6.45, 7) is 9.19.